The van der Waals surface area contributed by atoms with Gasteiger partial charge in [0.1, 0.15) is 0 Å². The minimum Gasteiger partial charge on any atom is -0.447 e. The van der Waals surface area contributed by atoms with Crippen molar-refractivity contribution in [2.45, 2.75) is 19.5 Å². The third kappa shape index (κ3) is 4.25. The summed E-state index contributed by atoms with van der Waals surface area (Å²) in [6.45, 7) is 1.83. The van der Waals surface area contributed by atoms with E-state index < -0.39 is 27.2 Å². The number of aromatic nitrogens is 3. The Morgan fingerprint density at radius 3 is 2.50 bits per heavy atom. The van der Waals surface area contributed by atoms with Gasteiger partial charge in [0.2, 0.25) is 5.75 Å². The average Bonchev–Trinajstić information content (AvgIpc) is 2.71. The summed E-state index contributed by atoms with van der Waals surface area (Å²) in [5, 5.41) is 14.6. The van der Waals surface area contributed by atoms with Gasteiger partial charge in [0.05, 0.1) is 16.7 Å². The van der Waals surface area contributed by atoms with Crippen LogP contribution in [-0.2, 0) is 12.6 Å². The molecule has 2 aromatic heterocycles. The maximum Gasteiger partial charge on any atom is 0.417 e. The fraction of sp³-hybridized carbons (Fsp3) is 0.167. The second-order valence-corrected chi connectivity index (χ2v) is 6.34. The highest BCUT2D eigenvalue weighted by atomic mass is 35.5. The van der Waals surface area contributed by atoms with Crippen molar-refractivity contribution in [3.8, 4) is 17.3 Å². The smallest absolute Gasteiger partial charge is 0.417 e. The van der Waals surface area contributed by atoms with Crippen LogP contribution in [0.25, 0.3) is 5.82 Å². The zero-order valence-corrected chi connectivity index (χ0v) is 15.9. The molecule has 0 bridgehead atoms. The first kappa shape index (κ1) is 21.2. The Morgan fingerprint density at radius 1 is 1.20 bits per heavy atom. The highest BCUT2D eigenvalue weighted by Gasteiger charge is 2.31. The molecular weight excluding hydrogens is 429 g/mol. The normalized spacial score (nSPS) is 11.4. The molecule has 156 valence electrons. The third-order valence-electron chi connectivity index (χ3n) is 4.03. The zero-order valence-electron chi connectivity index (χ0n) is 15.2. The first-order valence-electron chi connectivity index (χ1n) is 8.38. The number of nitrogens with zero attached hydrogens (tertiary/aromatic N) is 4. The van der Waals surface area contributed by atoms with E-state index in [2.05, 4.69) is 10.1 Å². The second kappa shape index (κ2) is 8.11. The number of nitro groups is 1. The Hall–Kier alpha value is -3.47. The van der Waals surface area contributed by atoms with E-state index >= 15 is 0 Å². The molecule has 0 amide bonds. The number of aryl methyl sites for hydroxylation is 1. The van der Waals surface area contributed by atoms with Gasteiger partial charge in [-0.15, -0.1) is 0 Å². The molecule has 0 aliphatic rings. The van der Waals surface area contributed by atoms with Gasteiger partial charge in [-0.2, -0.15) is 23.0 Å². The molecule has 8 nitrogen and oxygen atoms in total. The summed E-state index contributed by atoms with van der Waals surface area (Å²) in [6, 6.07) is 6.03. The van der Waals surface area contributed by atoms with Crippen molar-refractivity contribution >= 4 is 17.3 Å². The van der Waals surface area contributed by atoms with Crippen LogP contribution in [0.2, 0.25) is 5.02 Å². The SMILES string of the molecule is CCc1ccc(Oc2cnn(-c3ccc(C(F)(F)F)cn3)c(=O)c2Cl)c([N+](=O)[O-])c1. The van der Waals surface area contributed by atoms with Gasteiger partial charge >= 0.3 is 11.9 Å². The van der Waals surface area contributed by atoms with E-state index in [1.165, 1.54) is 12.1 Å². The van der Waals surface area contributed by atoms with Crippen molar-refractivity contribution in [3.05, 3.63) is 79.3 Å². The summed E-state index contributed by atoms with van der Waals surface area (Å²) >= 11 is 6.02. The lowest BCUT2D eigenvalue weighted by Gasteiger charge is -2.11. The number of hydrogen-bond acceptors (Lipinski definition) is 6. The van der Waals surface area contributed by atoms with Crippen LogP contribution in [0.1, 0.15) is 18.1 Å². The van der Waals surface area contributed by atoms with Gasteiger partial charge in [0.25, 0.3) is 5.56 Å². The fourth-order valence-corrected chi connectivity index (χ4v) is 2.63. The first-order valence-corrected chi connectivity index (χ1v) is 8.76. The maximum absolute atomic E-state index is 12.7. The molecule has 0 atom stereocenters. The van der Waals surface area contributed by atoms with E-state index in [0.717, 1.165) is 18.3 Å². The molecule has 3 rings (SSSR count). The van der Waals surface area contributed by atoms with Gasteiger partial charge in [0, 0.05) is 12.3 Å². The van der Waals surface area contributed by atoms with E-state index in [1.807, 2.05) is 6.92 Å². The fourth-order valence-electron chi connectivity index (χ4n) is 2.46. The van der Waals surface area contributed by atoms with Crippen LogP contribution >= 0.6 is 11.6 Å². The summed E-state index contributed by atoms with van der Waals surface area (Å²) < 4.78 is 44.1. The number of pyridine rings is 1. The van der Waals surface area contributed by atoms with Gasteiger partial charge in [-0.1, -0.05) is 24.6 Å². The van der Waals surface area contributed by atoms with Crippen LogP contribution in [0, 0.1) is 10.1 Å². The Kier molecular flexibility index (Phi) is 5.74. The van der Waals surface area contributed by atoms with E-state index in [-0.39, 0.29) is 23.0 Å². The number of rotatable bonds is 5. The number of alkyl halides is 3. The summed E-state index contributed by atoms with van der Waals surface area (Å²) in [5.41, 5.74) is -1.52. The van der Waals surface area contributed by atoms with Crippen LogP contribution in [0.4, 0.5) is 18.9 Å². The molecule has 0 radical (unpaired) electrons. The number of hydrogen-bond donors (Lipinski definition) is 0. The average molecular weight is 441 g/mol. The molecule has 0 aliphatic heterocycles. The molecule has 0 unspecified atom stereocenters. The number of nitro benzene ring substituents is 1. The number of halogens is 4. The highest BCUT2D eigenvalue weighted by Crippen LogP contribution is 2.34. The third-order valence-corrected chi connectivity index (χ3v) is 4.38. The molecule has 12 heteroatoms. The van der Waals surface area contributed by atoms with Crippen molar-refractivity contribution in [3.63, 3.8) is 0 Å². The molecule has 3 aromatic rings. The predicted molar refractivity (Wildman–Crippen MR) is 100 cm³/mol. The standard InChI is InChI=1S/C18H12ClF3N4O4/c1-2-10-3-5-13(12(7-10)26(28)29)30-14-9-24-25(17(27)16(14)19)15-6-4-11(8-23-15)18(20,21)22/h3-9H,2H2,1H3. The quantitative estimate of drug-likeness (QED) is 0.426. The topological polar surface area (TPSA) is 100 Å². The lowest BCUT2D eigenvalue weighted by atomic mass is 10.1. The molecule has 0 aliphatic carbocycles. The molecule has 2 heterocycles. The molecule has 0 saturated carbocycles. The summed E-state index contributed by atoms with van der Waals surface area (Å²) in [5.74, 6) is -0.595. The molecule has 30 heavy (non-hydrogen) atoms. The van der Waals surface area contributed by atoms with Crippen LogP contribution in [0.15, 0.2) is 47.5 Å². The van der Waals surface area contributed by atoms with Crippen LogP contribution in [0.5, 0.6) is 11.5 Å². The Balaban J connectivity index is 1.96. The Morgan fingerprint density at radius 2 is 1.93 bits per heavy atom. The van der Waals surface area contributed by atoms with E-state index in [0.29, 0.717) is 22.9 Å². The van der Waals surface area contributed by atoms with Crippen LogP contribution < -0.4 is 10.3 Å². The molecular formula is C18H12ClF3N4O4. The van der Waals surface area contributed by atoms with Crippen LogP contribution in [0.3, 0.4) is 0 Å². The minimum atomic E-state index is -4.58. The van der Waals surface area contributed by atoms with Crippen molar-refractivity contribution < 1.29 is 22.8 Å². The summed E-state index contributed by atoms with van der Waals surface area (Å²) in [4.78, 5) is 26.7. The minimum absolute atomic E-state index is 0.147. The molecule has 0 saturated heterocycles. The number of ether oxygens (including phenoxy) is 1. The zero-order chi connectivity index (χ0) is 22.1. The van der Waals surface area contributed by atoms with Gasteiger partial charge in [-0.05, 0) is 30.2 Å². The largest absolute Gasteiger partial charge is 0.447 e. The van der Waals surface area contributed by atoms with Crippen molar-refractivity contribution in [2.24, 2.45) is 0 Å². The lowest BCUT2D eigenvalue weighted by molar-refractivity contribution is -0.385. The summed E-state index contributed by atoms with van der Waals surface area (Å²) in [6.07, 6.45) is -2.44. The number of benzene rings is 1. The molecule has 0 spiro atoms. The van der Waals surface area contributed by atoms with Crippen molar-refractivity contribution in [1.29, 1.82) is 0 Å². The highest BCUT2D eigenvalue weighted by molar-refractivity contribution is 6.31. The Labute approximate surface area is 171 Å². The van der Waals surface area contributed by atoms with Gasteiger partial charge in [-0.25, -0.2) is 4.98 Å². The molecule has 0 fully saturated rings. The van der Waals surface area contributed by atoms with E-state index in [4.69, 9.17) is 16.3 Å². The lowest BCUT2D eigenvalue weighted by Crippen LogP contribution is -2.23. The van der Waals surface area contributed by atoms with Crippen molar-refractivity contribution in [1.82, 2.24) is 14.8 Å². The van der Waals surface area contributed by atoms with Gasteiger partial charge in [-0.3, -0.25) is 14.9 Å². The monoisotopic (exact) mass is 440 g/mol. The van der Waals surface area contributed by atoms with Crippen LogP contribution in [-0.4, -0.2) is 19.7 Å². The predicted octanol–water partition coefficient (Wildman–Crippen LogP) is 4.56. The first-order chi connectivity index (χ1) is 14.1. The Bertz CT molecular complexity index is 1160. The van der Waals surface area contributed by atoms with Gasteiger partial charge in [0.15, 0.2) is 16.6 Å². The maximum atomic E-state index is 12.7. The van der Waals surface area contributed by atoms with E-state index in [1.54, 1.807) is 6.07 Å². The molecule has 1 aromatic carbocycles. The van der Waals surface area contributed by atoms with E-state index in [9.17, 15) is 28.1 Å². The summed E-state index contributed by atoms with van der Waals surface area (Å²) in [7, 11) is 0. The van der Waals surface area contributed by atoms with Crippen molar-refractivity contribution in [2.75, 3.05) is 0 Å². The molecule has 0 N–H and O–H groups in total. The second-order valence-electron chi connectivity index (χ2n) is 5.96. The van der Waals surface area contributed by atoms with Gasteiger partial charge < -0.3 is 4.74 Å².